The third kappa shape index (κ3) is 5.02. The Morgan fingerprint density at radius 1 is 1.27 bits per heavy atom. The number of aryl methyl sites for hydroxylation is 2. The molecule has 0 aliphatic carbocycles. The molecule has 0 spiro atoms. The van der Waals surface area contributed by atoms with Gasteiger partial charge in [0, 0.05) is 37.4 Å². The molecule has 1 aliphatic rings. The fraction of sp³-hybridized carbons (Fsp3) is 0.524. The molecule has 1 fully saturated rings. The van der Waals surface area contributed by atoms with Crippen LogP contribution in [0.2, 0.25) is 0 Å². The van der Waals surface area contributed by atoms with Gasteiger partial charge in [-0.3, -0.25) is 9.69 Å². The lowest BCUT2D eigenvalue weighted by Crippen LogP contribution is -2.44. The van der Waals surface area contributed by atoms with Crippen LogP contribution in [-0.2, 0) is 15.7 Å². The fourth-order valence-electron chi connectivity index (χ4n) is 3.75. The van der Waals surface area contributed by atoms with Crippen LogP contribution >= 0.6 is 0 Å². The average molecular weight is 425 g/mol. The predicted octanol–water partition coefficient (Wildman–Crippen LogP) is 3.78. The van der Waals surface area contributed by atoms with Gasteiger partial charge in [-0.05, 0) is 39.0 Å². The normalized spacial score (nSPS) is 16.5. The molecule has 1 aromatic carbocycles. The summed E-state index contributed by atoms with van der Waals surface area (Å²) in [5, 5.41) is 3.90. The van der Waals surface area contributed by atoms with Crippen LogP contribution in [-0.4, -0.2) is 55.4 Å². The van der Waals surface area contributed by atoms with Crippen LogP contribution in [0.15, 0.2) is 28.8 Å². The van der Waals surface area contributed by atoms with E-state index in [1.54, 1.807) is 20.8 Å². The number of carbonyl (C=O) groups excluding carboxylic acids is 1. The Morgan fingerprint density at radius 3 is 2.57 bits per heavy atom. The predicted molar refractivity (Wildman–Crippen MR) is 105 cm³/mol. The first kappa shape index (κ1) is 22.3. The number of morpholine rings is 1. The molecule has 3 rings (SSSR count). The third-order valence-corrected chi connectivity index (χ3v) is 5.39. The smallest absolute Gasteiger partial charge is 0.379 e. The summed E-state index contributed by atoms with van der Waals surface area (Å²) in [4.78, 5) is 17.0. The zero-order valence-corrected chi connectivity index (χ0v) is 17.3. The van der Waals surface area contributed by atoms with E-state index in [4.69, 9.17) is 9.26 Å². The van der Waals surface area contributed by atoms with E-state index in [-0.39, 0.29) is 18.1 Å². The minimum atomic E-state index is -4.48. The number of rotatable bonds is 6. The largest absolute Gasteiger partial charge is 0.416 e. The lowest BCUT2D eigenvalue weighted by molar-refractivity contribution is -0.137. The van der Waals surface area contributed by atoms with Crippen molar-refractivity contribution in [3.63, 3.8) is 0 Å². The number of nitrogens with zero attached hydrogens (tertiary/aromatic N) is 3. The number of alkyl halides is 3. The fourth-order valence-corrected chi connectivity index (χ4v) is 3.75. The number of hydrogen-bond donors (Lipinski definition) is 0. The van der Waals surface area contributed by atoms with Gasteiger partial charge in [-0.2, -0.15) is 13.2 Å². The van der Waals surface area contributed by atoms with E-state index in [9.17, 15) is 18.0 Å². The Morgan fingerprint density at radius 2 is 1.97 bits per heavy atom. The SMILES string of the molecule is Cc1noc(C)c1[C@@H](C)C(=O)N(CCN1CCOCC1)c1cccc(C(F)(F)F)c1. The summed E-state index contributed by atoms with van der Waals surface area (Å²) in [6, 6.07) is 4.89. The third-order valence-electron chi connectivity index (χ3n) is 5.39. The standard InChI is InChI=1S/C21H26F3N3O3/c1-14(19-15(2)25-30-16(19)3)20(28)27(8-7-26-9-11-29-12-10-26)18-6-4-5-17(13-18)21(22,23)24/h4-6,13-14H,7-12H2,1-3H3/t14-/m1/s1. The highest BCUT2D eigenvalue weighted by molar-refractivity contribution is 5.98. The maximum absolute atomic E-state index is 13.4. The van der Waals surface area contributed by atoms with Crippen molar-refractivity contribution in [3.8, 4) is 0 Å². The molecule has 0 radical (unpaired) electrons. The highest BCUT2D eigenvalue weighted by Crippen LogP contribution is 2.33. The summed E-state index contributed by atoms with van der Waals surface area (Å²) in [6.07, 6.45) is -4.48. The summed E-state index contributed by atoms with van der Waals surface area (Å²) in [6.45, 7) is 8.67. The lowest BCUT2D eigenvalue weighted by atomic mass is 9.97. The van der Waals surface area contributed by atoms with Gasteiger partial charge in [-0.1, -0.05) is 11.2 Å². The van der Waals surface area contributed by atoms with Gasteiger partial charge in [0.1, 0.15) is 5.76 Å². The van der Waals surface area contributed by atoms with E-state index in [0.717, 1.165) is 25.2 Å². The van der Waals surface area contributed by atoms with Crippen molar-refractivity contribution in [1.82, 2.24) is 10.1 Å². The minimum absolute atomic E-state index is 0.224. The van der Waals surface area contributed by atoms with Gasteiger partial charge < -0.3 is 14.2 Å². The number of anilines is 1. The zero-order valence-electron chi connectivity index (χ0n) is 17.3. The van der Waals surface area contributed by atoms with Crippen molar-refractivity contribution in [2.75, 3.05) is 44.3 Å². The lowest BCUT2D eigenvalue weighted by Gasteiger charge is -2.31. The first-order chi connectivity index (χ1) is 14.2. The summed E-state index contributed by atoms with van der Waals surface area (Å²) in [5.74, 6) is -0.363. The van der Waals surface area contributed by atoms with Crippen molar-refractivity contribution >= 4 is 11.6 Å². The molecule has 0 unspecified atom stereocenters. The van der Waals surface area contributed by atoms with Crippen LogP contribution in [0.3, 0.4) is 0 Å². The van der Waals surface area contributed by atoms with Gasteiger partial charge in [-0.15, -0.1) is 0 Å². The molecule has 30 heavy (non-hydrogen) atoms. The highest BCUT2D eigenvalue weighted by Gasteiger charge is 2.33. The van der Waals surface area contributed by atoms with Gasteiger partial charge in [0.05, 0.1) is 30.4 Å². The van der Waals surface area contributed by atoms with Gasteiger partial charge in [0.25, 0.3) is 0 Å². The maximum Gasteiger partial charge on any atom is 0.416 e. The minimum Gasteiger partial charge on any atom is -0.379 e. The number of amides is 1. The van der Waals surface area contributed by atoms with Crippen molar-refractivity contribution in [2.24, 2.45) is 0 Å². The van der Waals surface area contributed by atoms with Crippen LogP contribution in [0.5, 0.6) is 0 Å². The molecule has 1 aliphatic heterocycles. The molecule has 1 amide bonds. The van der Waals surface area contributed by atoms with E-state index >= 15 is 0 Å². The topological polar surface area (TPSA) is 58.8 Å². The van der Waals surface area contributed by atoms with Gasteiger partial charge >= 0.3 is 6.18 Å². The van der Waals surface area contributed by atoms with Crippen LogP contribution in [0.4, 0.5) is 18.9 Å². The van der Waals surface area contributed by atoms with Crippen LogP contribution in [0, 0.1) is 13.8 Å². The van der Waals surface area contributed by atoms with E-state index in [0.29, 0.717) is 36.8 Å². The van der Waals surface area contributed by atoms with Crippen LogP contribution < -0.4 is 4.90 Å². The molecule has 164 valence electrons. The van der Waals surface area contributed by atoms with Gasteiger partial charge in [-0.25, -0.2) is 0 Å². The summed E-state index contributed by atoms with van der Waals surface area (Å²) in [5.41, 5.74) is 0.713. The molecular weight excluding hydrogens is 399 g/mol. The first-order valence-corrected chi connectivity index (χ1v) is 9.90. The molecule has 0 bridgehead atoms. The summed E-state index contributed by atoms with van der Waals surface area (Å²) >= 11 is 0. The van der Waals surface area contributed by atoms with Gasteiger partial charge in [0.15, 0.2) is 0 Å². The van der Waals surface area contributed by atoms with E-state index < -0.39 is 17.7 Å². The molecule has 1 atom stereocenters. The first-order valence-electron chi connectivity index (χ1n) is 9.90. The number of ether oxygens (including phenoxy) is 1. The van der Waals surface area contributed by atoms with Crippen molar-refractivity contribution < 1.29 is 27.2 Å². The molecule has 0 N–H and O–H groups in total. The maximum atomic E-state index is 13.4. The quantitative estimate of drug-likeness (QED) is 0.705. The Hall–Kier alpha value is -2.39. The number of halogens is 3. The Bertz CT molecular complexity index is 856. The van der Waals surface area contributed by atoms with Crippen LogP contribution in [0.25, 0.3) is 0 Å². The van der Waals surface area contributed by atoms with Crippen molar-refractivity contribution in [3.05, 3.63) is 46.8 Å². The second-order valence-corrected chi connectivity index (χ2v) is 7.45. The van der Waals surface area contributed by atoms with E-state index in [2.05, 4.69) is 10.1 Å². The molecule has 1 aromatic heterocycles. The molecular formula is C21H26F3N3O3. The van der Waals surface area contributed by atoms with Crippen molar-refractivity contribution in [1.29, 1.82) is 0 Å². The second kappa shape index (κ2) is 9.18. The summed E-state index contributed by atoms with van der Waals surface area (Å²) in [7, 11) is 0. The van der Waals surface area contributed by atoms with Crippen LogP contribution in [0.1, 0.15) is 35.4 Å². The number of benzene rings is 1. The zero-order chi connectivity index (χ0) is 21.9. The Labute approximate surface area is 173 Å². The number of aromatic nitrogens is 1. The molecule has 1 saturated heterocycles. The number of hydrogen-bond acceptors (Lipinski definition) is 5. The molecule has 6 nitrogen and oxygen atoms in total. The Kier molecular flexibility index (Phi) is 6.82. The summed E-state index contributed by atoms with van der Waals surface area (Å²) < 4.78 is 50.3. The second-order valence-electron chi connectivity index (χ2n) is 7.45. The van der Waals surface area contributed by atoms with Gasteiger partial charge in [0.2, 0.25) is 5.91 Å². The van der Waals surface area contributed by atoms with Crippen molar-refractivity contribution in [2.45, 2.75) is 32.9 Å². The molecule has 9 heteroatoms. The highest BCUT2D eigenvalue weighted by atomic mass is 19.4. The molecule has 0 saturated carbocycles. The Balaban J connectivity index is 1.89. The molecule has 2 aromatic rings. The van der Waals surface area contributed by atoms with E-state index in [1.807, 2.05) is 0 Å². The van der Waals surface area contributed by atoms with E-state index in [1.165, 1.54) is 17.0 Å². The number of carbonyl (C=O) groups is 1. The monoisotopic (exact) mass is 425 g/mol. The molecule has 2 heterocycles. The average Bonchev–Trinajstić information content (AvgIpc) is 3.06.